The highest BCUT2D eigenvalue weighted by Gasteiger charge is 2.22. The molecule has 0 bridgehead atoms. The molecule has 8 heteroatoms. The number of carbonyl (C=O) groups excluding carboxylic acids is 1. The van der Waals surface area contributed by atoms with Crippen LogP contribution in [0.15, 0.2) is 36.4 Å². The number of nitrogens with one attached hydrogen (secondary N) is 1. The lowest BCUT2D eigenvalue weighted by molar-refractivity contribution is -0.119. The molecule has 0 saturated heterocycles. The molecule has 0 unspecified atom stereocenters. The van der Waals surface area contributed by atoms with Gasteiger partial charge in [0.25, 0.3) is 0 Å². The van der Waals surface area contributed by atoms with Gasteiger partial charge in [-0.3, -0.25) is 9.10 Å². The van der Waals surface area contributed by atoms with Crippen molar-refractivity contribution in [1.82, 2.24) is 5.32 Å². The van der Waals surface area contributed by atoms with Crippen LogP contribution in [0.1, 0.15) is 30.5 Å². The maximum Gasteiger partial charge on any atom is 0.241 e. The maximum absolute atomic E-state index is 12.5. The Morgan fingerprint density at radius 3 is 2.30 bits per heavy atom. The van der Waals surface area contributed by atoms with Gasteiger partial charge in [-0.25, -0.2) is 8.42 Å². The number of benzene rings is 2. The van der Waals surface area contributed by atoms with E-state index in [1.807, 2.05) is 52.0 Å². The highest BCUT2D eigenvalue weighted by molar-refractivity contribution is 7.92. The summed E-state index contributed by atoms with van der Waals surface area (Å²) in [5.41, 5.74) is 3.04. The predicted octanol–water partition coefficient (Wildman–Crippen LogP) is 3.18. The van der Waals surface area contributed by atoms with Crippen LogP contribution in [0.3, 0.4) is 0 Å². The average molecular weight is 435 g/mol. The molecule has 2 aromatic rings. The number of aryl methyl sites for hydroxylation is 2. The van der Waals surface area contributed by atoms with Crippen LogP contribution in [0.25, 0.3) is 0 Å². The zero-order valence-corrected chi connectivity index (χ0v) is 19.0. The molecule has 1 amide bonds. The number of sulfonamides is 1. The highest BCUT2D eigenvalue weighted by Crippen LogP contribution is 2.28. The van der Waals surface area contributed by atoms with E-state index in [9.17, 15) is 13.2 Å². The van der Waals surface area contributed by atoms with Crippen molar-refractivity contribution in [3.8, 4) is 11.5 Å². The fourth-order valence-corrected chi connectivity index (χ4v) is 3.87. The molecule has 0 aliphatic carbocycles. The second-order valence-corrected chi connectivity index (χ2v) is 8.89. The van der Waals surface area contributed by atoms with Crippen molar-refractivity contribution in [3.05, 3.63) is 53.1 Å². The molecule has 0 atom stereocenters. The summed E-state index contributed by atoms with van der Waals surface area (Å²) in [5.74, 6) is 0.861. The molecular weight excluding hydrogens is 404 g/mol. The largest absolute Gasteiger partial charge is 0.490 e. The summed E-state index contributed by atoms with van der Waals surface area (Å²) >= 11 is 0. The van der Waals surface area contributed by atoms with E-state index in [0.29, 0.717) is 30.4 Å². The SMILES string of the molecule is CCOc1ccc(CNC(=O)CN(c2cc(C)ccc2C)S(C)(=O)=O)cc1OCC. The molecule has 0 aromatic heterocycles. The van der Waals surface area contributed by atoms with Gasteiger partial charge in [0.15, 0.2) is 11.5 Å². The number of nitrogens with zero attached hydrogens (tertiary/aromatic N) is 1. The molecule has 7 nitrogen and oxygen atoms in total. The van der Waals surface area contributed by atoms with Gasteiger partial charge in [0, 0.05) is 6.54 Å². The van der Waals surface area contributed by atoms with Crippen LogP contribution in [0.4, 0.5) is 5.69 Å². The van der Waals surface area contributed by atoms with Gasteiger partial charge in [-0.05, 0) is 62.6 Å². The van der Waals surface area contributed by atoms with Gasteiger partial charge in [-0.15, -0.1) is 0 Å². The van der Waals surface area contributed by atoms with Gasteiger partial charge in [-0.2, -0.15) is 0 Å². The molecular formula is C22H30N2O5S. The zero-order chi connectivity index (χ0) is 22.3. The third-order valence-corrected chi connectivity index (χ3v) is 5.54. The maximum atomic E-state index is 12.5. The summed E-state index contributed by atoms with van der Waals surface area (Å²) in [7, 11) is -3.63. The van der Waals surface area contributed by atoms with Crippen LogP contribution >= 0.6 is 0 Å². The number of carbonyl (C=O) groups is 1. The van der Waals surface area contributed by atoms with Crippen molar-refractivity contribution in [2.75, 3.05) is 30.3 Å². The van der Waals surface area contributed by atoms with E-state index in [1.165, 1.54) is 0 Å². The topological polar surface area (TPSA) is 84.9 Å². The molecule has 0 radical (unpaired) electrons. The van der Waals surface area contributed by atoms with Crippen LogP contribution in [-0.4, -0.2) is 40.3 Å². The van der Waals surface area contributed by atoms with Gasteiger partial charge >= 0.3 is 0 Å². The standard InChI is InChI=1S/C22H30N2O5S/c1-6-28-20-11-10-18(13-21(20)29-7-2)14-23-22(25)15-24(30(5,26)27)19-12-16(3)8-9-17(19)4/h8-13H,6-7,14-15H2,1-5H3,(H,23,25). The number of rotatable bonds is 10. The van der Waals surface area contributed by atoms with Crippen LogP contribution < -0.4 is 19.1 Å². The monoisotopic (exact) mass is 434 g/mol. The van der Waals surface area contributed by atoms with Crippen LogP contribution in [-0.2, 0) is 21.4 Å². The van der Waals surface area contributed by atoms with Crippen LogP contribution in [0.2, 0.25) is 0 Å². The number of hydrogen-bond donors (Lipinski definition) is 1. The third-order valence-electron chi connectivity index (χ3n) is 4.42. The fourth-order valence-electron chi connectivity index (χ4n) is 2.96. The Hall–Kier alpha value is -2.74. The number of amides is 1. The lowest BCUT2D eigenvalue weighted by atomic mass is 10.1. The van der Waals surface area contributed by atoms with Crippen molar-refractivity contribution in [1.29, 1.82) is 0 Å². The van der Waals surface area contributed by atoms with E-state index in [-0.39, 0.29) is 13.1 Å². The minimum atomic E-state index is -3.63. The van der Waals surface area contributed by atoms with Crippen molar-refractivity contribution in [2.45, 2.75) is 34.2 Å². The molecule has 0 spiro atoms. The summed E-state index contributed by atoms with van der Waals surface area (Å²) in [6.45, 7) is 8.45. The van der Waals surface area contributed by atoms with E-state index in [4.69, 9.17) is 9.47 Å². The van der Waals surface area contributed by atoms with E-state index in [0.717, 1.165) is 27.3 Å². The summed E-state index contributed by atoms with van der Waals surface area (Å²) in [4.78, 5) is 12.5. The van der Waals surface area contributed by atoms with E-state index in [1.54, 1.807) is 12.1 Å². The normalized spacial score (nSPS) is 11.1. The smallest absolute Gasteiger partial charge is 0.241 e. The molecule has 0 saturated carbocycles. The fraction of sp³-hybridized carbons (Fsp3) is 0.409. The quantitative estimate of drug-likeness (QED) is 0.621. The van der Waals surface area contributed by atoms with E-state index >= 15 is 0 Å². The number of ether oxygens (including phenoxy) is 2. The zero-order valence-electron chi connectivity index (χ0n) is 18.2. The Morgan fingerprint density at radius 2 is 1.67 bits per heavy atom. The van der Waals surface area contributed by atoms with Crippen LogP contribution in [0, 0.1) is 13.8 Å². The van der Waals surface area contributed by atoms with Gasteiger partial charge < -0.3 is 14.8 Å². The minimum absolute atomic E-state index is 0.246. The summed E-state index contributed by atoms with van der Waals surface area (Å²) in [5, 5.41) is 2.78. The Morgan fingerprint density at radius 1 is 1.00 bits per heavy atom. The summed E-state index contributed by atoms with van der Waals surface area (Å²) in [6, 6.07) is 11.0. The van der Waals surface area contributed by atoms with E-state index < -0.39 is 15.9 Å². The molecule has 0 heterocycles. The van der Waals surface area contributed by atoms with Gasteiger partial charge in [0.1, 0.15) is 6.54 Å². The predicted molar refractivity (Wildman–Crippen MR) is 119 cm³/mol. The third kappa shape index (κ3) is 6.38. The van der Waals surface area contributed by atoms with Crippen molar-refractivity contribution >= 4 is 21.6 Å². The van der Waals surface area contributed by atoms with Crippen molar-refractivity contribution in [2.24, 2.45) is 0 Å². The first-order valence-corrected chi connectivity index (χ1v) is 11.7. The average Bonchev–Trinajstić information content (AvgIpc) is 2.68. The lowest BCUT2D eigenvalue weighted by Gasteiger charge is -2.24. The highest BCUT2D eigenvalue weighted by atomic mass is 32.2. The first-order valence-electron chi connectivity index (χ1n) is 9.85. The summed E-state index contributed by atoms with van der Waals surface area (Å²) < 4.78 is 37.0. The molecule has 30 heavy (non-hydrogen) atoms. The first kappa shape index (κ1) is 23.5. The molecule has 2 rings (SSSR count). The second kappa shape index (κ2) is 10.3. The molecule has 0 aliphatic heterocycles. The first-order chi connectivity index (χ1) is 14.2. The van der Waals surface area contributed by atoms with Crippen molar-refractivity contribution < 1.29 is 22.7 Å². The molecule has 2 aromatic carbocycles. The minimum Gasteiger partial charge on any atom is -0.490 e. The van der Waals surface area contributed by atoms with Crippen molar-refractivity contribution in [3.63, 3.8) is 0 Å². The molecule has 1 N–H and O–H groups in total. The van der Waals surface area contributed by atoms with Crippen LogP contribution in [0.5, 0.6) is 11.5 Å². The molecule has 0 fully saturated rings. The summed E-state index contributed by atoms with van der Waals surface area (Å²) in [6.07, 6.45) is 1.10. The second-order valence-electron chi connectivity index (χ2n) is 6.98. The van der Waals surface area contributed by atoms with Gasteiger partial charge in [-0.1, -0.05) is 18.2 Å². The lowest BCUT2D eigenvalue weighted by Crippen LogP contribution is -2.40. The van der Waals surface area contributed by atoms with E-state index in [2.05, 4.69) is 5.32 Å². The molecule has 164 valence electrons. The molecule has 0 aliphatic rings. The Bertz CT molecular complexity index is 989. The number of anilines is 1. The Balaban J connectivity index is 2.13. The van der Waals surface area contributed by atoms with Gasteiger partial charge in [0.2, 0.25) is 15.9 Å². The Kier molecular flexibility index (Phi) is 8.11. The van der Waals surface area contributed by atoms with Gasteiger partial charge in [0.05, 0.1) is 25.2 Å². The Labute approximate surface area is 179 Å². The number of hydrogen-bond acceptors (Lipinski definition) is 5.